The monoisotopic (exact) mass is 328 g/mol. The number of benzene rings is 2. The molecule has 0 saturated carbocycles. The van der Waals surface area contributed by atoms with Gasteiger partial charge in [0.15, 0.2) is 5.11 Å². The average molecular weight is 328 g/mol. The molecule has 1 N–H and O–H groups in total. The van der Waals surface area contributed by atoms with Crippen LogP contribution in [0, 0.1) is 12.7 Å². The van der Waals surface area contributed by atoms with Gasteiger partial charge in [0, 0.05) is 18.3 Å². The number of hydrogen-bond donors (Lipinski definition) is 1. The van der Waals surface area contributed by atoms with Gasteiger partial charge in [-0.25, -0.2) is 4.39 Å². The van der Waals surface area contributed by atoms with Gasteiger partial charge in [0.2, 0.25) is 0 Å². The highest BCUT2D eigenvalue weighted by Crippen LogP contribution is 2.31. The molecule has 1 atom stereocenters. The van der Waals surface area contributed by atoms with Crippen LogP contribution < -0.4 is 10.2 Å². The van der Waals surface area contributed by atoms with E-state index in [0.29, 0.717) is 17.7 Å². The van der Waals surface area contributed by atoms with Crippen LogP contribution in [0.25, 0.3) is 0 Å². The largest absolute Gasteiger partial charge is 0.358 e. The van der Waals surface area contributed by atoms with Crippen LogP contribution >= 0.6 is 12.2 Å². The second-order valence-electron chi connectivity index (χ2n) is 6.18. The summed E-state index contributed by atoms with van der Waals surface area (Å²) in [4.78, 5) is 2.11. The Labute approximate surface area is 142 Å². The predicted octanol–water partition coefficient (Wildman–Crippen LogP) is 4.35. The van der Waals surface area contributed by atoms with Gasteiger partial charge in [0.05, 0.1) is 0 Å². The molecule has 0 spiro atoms. The summed E-state index contributed by atoms with van der Waals surface area (Å²) in [5.74, 6) is -0.184. The predicted molar refractivity (Wildman–Crippen MR) is 97.3 cm³/mol. The number of halogens is 1. The molecule has 0 aromatic heterocycles. The fourth-order valence-electron chi connectivity index (χ4n) is 3.00. The van der Waals surface area contributed by atoms with E-state index >= 15 is 0 Å². The molecule has 120 valence electrons. The first-order chi connectivity index (χ1) is 11.0. The lowest BCUT2D eigenvalue weighted by molar-refractivity contribution is 0.600. The number of nitrogens with zero attached hydrogens (tertiary/aromatic N) is 1. The lowest BCUT2D eigenvalue weighted by Crippen LogP contribution is -2.47. The van der Waals surface area contributed by atoms with E-state index in [4.69, 9.17) is 12.2 Å². The molecular weight excluding hydrogens is 307 g/mol. The molecule has 2 aromatic carbocycles. The summed E-state index contributed by atoms with van der Waals surface area (Å²) in [6.07, 6.45) is 1.87. The standard InChI is InChI=1S/C19H21FN2S/c1-13-3-6-15(7-4-13)12-21-19(23)22-14(2)5-8-16-11-17(20)9-10-18(16)22/h3-4,6-7,9-11,14H,5,8,12H2,1-2H3,(H,21,23). The zero-order valence-electron chi connectivity index (χ0n) is 13.5. The zero-order valence-corrected chi connectivity index (χ0v) is 14.3. The Balaban J connectivity index is 1.75. The van der Waals surface area contributed by atoms with Crippen LogP contribution in [0.15, 0.2) is 42.5 Å². The number of anilines is 1. The molecule has 0 radical (unpaired) electrons. The van der Waals surface area contributed by atoms with Crippen LogP contribution in [0.4, 0.5) is 10.1 Å². The van der Waals surface area contributed by atoms with E-state index in [1.165, 1.54) is 17.2 Å². The Hall–Kier alpha value is -1.94. The third kappa shape index (κ3) is 3.53. The molecule has 1 aliphatic heterocycles. The molecule has 0 saturated heterocycles. The first-order valence-electron chi connectivity index (χ1n) is 7.95. The fourth-order valence-corrected chi connectivity index (χ4v) is 3.35. The Bertz CT molecular complexity index is 712. The maximum atomic E-state index is 13.5. The Kier molecular flexibility index (Phi) is 4.62. The van der Waals surface area contributed by atoms with Crippen LogP contribution in [-0.4, -0.2) is 11.2 Å². The van der Waals surface area contributed by atoms with Gasteiger partial charge in [-0.3, -0.25) is 0 Å². The Morgan fingerprint density at radius 3 is 2.74 bits per heavy atom. The first kappa shape index (κ1) is 15.9. The van der Waals surface area contributed by atoms with E-state index in [-0.39, 0.29) is 5.82 Å². The molecule has 0 fully saturated rings. The van der Waals surface area contributed by atoms with E-state index in [1.807, 2.05) is 6.07 Å². The van der Waals surface area contributed by atoms with Gasteiger partial charge in [-0.05, 0) is 68.2 Å². The molecule has 4 heteroatoms. The van der Waals surface area contributed by atoms with Crippen LogP contribution in [0.1, 0.15) is 30.0 Å². The summed E-state index contributed by atoms with van der Waals surface area (Å²) in [6, 6.07) is 13.7. The molecule has 0 amide bonds. The van der Waals surface area contributed by atoms with Gasteiger partial charge in [-0.1, -0.05) is 29.8 Å². The number of rotatable bonds is 2. The zero-order chi connectivity index (χ0) is 16.4. The summed E-state index contributed by atoms with van der Waals surface area (Å²) in [5.41, 5.74) is 4.49. The van der Waals surface area contributed by atoms with E-state index in [2.05, 4.69) is 48.3 Å². The Morgan fingerprint density at radius 2 is 2.00 bits per heavy atom. The lowest BCUT2D eigenvalue weighted by atomic mass is 9.97. The number of aryl methyl sites for hydroxylation is 2. The molecule has 23 heavy (non-hydrogen) atoms. The van der Waals surface area contributed by atoms with Crippen molar-refractivity contribution in [1.82, 2.24) is 5.32 Å². The summed E-state index contributed by atoms with van der Waals surface area (Å²) in [7, 11) is 0. The van der Waals surface area contributed by atoms with Crippen LogP contribution in [0.5, 0.6) is 0 Å². The number of thiocarbonyl (C=S) groups is 1. The minimum atomic E-state index is -0.184. The van der Waals surface area contributed by atoms with E-state index < -0.39 is 0 Å². The molecular formula is C19H21FN2S. The van der Waals surface area contributed by atoms with Crippen molar-refractivity contribution >= 4 is 23.0 Å². The molecule has 1 unspecified atom stereocenters. The van der Waals surface area contributed by atoms with E-state index in [0.717, 1.165) is 24.1 Å². The summed E-state index contributed by atoms with van der Waals surface area (Å²) in [6.45, 7) is 4.93. The minimum absolute atomic E-state index is 0.184. The van der Waals surface area contributed by atoms with E-state index in [9.17, 15) is 4.39 Å². The SMILES string of the molecule is Cc1ccc(CNC(=S)N2c3ccc(F)cc3CCC2C)cc1. The topological polar surface area (TPSA) is 15.3 Å². The van der Waals surface area contributed by atoms with Crippen molar-refractivity contribution < 1.29 is 4.39 Å². The van der Waals surface area contributed by atoms with Gasteiger partial charge in [0.25, 0.3) is 0 Å². The van der Waals surface area contributed by atoms with Crippen molar-refractivity contribution in [2.24, 2.45) is 0 Å². The second kappa shape index (κ2) is 6.67. The lowest BCUT2D eigenvalue weighted by Gasteiger charge is -2.37. The van der Waals surface area contributed by atoms with Crippen molar-refractivity contribution in [3.8, 4) is 0 Å². The van der Waals surface area contributed by atoms with Gasteiger partial charge in [0.1, 0.15) is 5.82 Å². The summed E-state index contributed by atoms with van der Waals surface area (Å²) >= 11 is 5.61. The molecule has 1 aliphatic rings. The average Bonchev–Trinajstić information content (AvgIpc) is 2.54. The third-order valence-electron chi connectivity index (χ3n) is 4.36. The Morgan fingerprint density at radius 1 is 1.26 bits per heavy atom. The first-order valence-corrected chi connectivity index (χ1v) is 8.36. The van der Waals surface area contributed by atoms with Gasteiger partial charge in [-0.15, -0.1) is 0 Å². The maximum Gasteiger partial charge on any atom is 0.173 e. The fraction of sp³-hybridized carbons (Fsp3) is 0.316. The van der Waals surface area contributed by atoms with E-state index in [1.54, 1.807) is 6.07 Å². The quantitative estimate of drug-likeness (QED) is 0.825. The maximum absolute atomic E-state index is 13.5. The van der Waals surface area contributed by atoms with Crippen molar-refractivity contribution in [3.63, 3.8) is 0 Å². The van der Waals surface area contributed by atoms with Crippen LogP contribution in [0.3, 0.4) is 0 Å². The third-order valence-corrected chi connectivity index (χ3v) is 4.70. The van der Waals surface area contributed by atoms with Gasteiger partial charge >= 0.3 is 0 Å². The van der Waals surface area contributed by atoms with Gasteiger partial charge in [-0.2, -0.15) is 0 Å². The number of hydrogen-bond acceptors (Lipinski definition) is 1. The minimum Gasteiger partial charge on any atom is -0.358 e. The van der Waals surface area contributed by atoms with Crippen molar-refractivity contribution in [2.75, 3.05) is 4.90 Å². The molecule has 3 rings (SSSR count). The highest BCUT2D eigenvalue weighted by Gasteiger charge is 2.26. The molecule has 1 heterocycles. The smallest absolute Gasteiger partial charge is 0.173 e. The van der Waals surface area contributed by atoms with Crippen molar-refractivity contribution in [3.05, 3.63) is 65.0 Å². The van der Waals surface area contributed by atoms with Crippen LogP contribution in [-0.2, 0) is 13.0 Å². The molecule has 2 aromatic rings. The van der Waals surface area contributed by atoms with Crippen LogP contribution in [0.2, 0.25) is 0 Å². The van der Waals surface area contributed by atoms with Crippen molar-refractivity contribution in [1.29, 1.82) is 0 Å². The molecule has 0 aliphatic carbocycles. The van der Waals surface area contributed by atoms with Gasteiger partial charge < -0.3 is 10.2 Å². The number of fused-ring (bicyclic) bond motifs is 1. The number of nitrogens with one attached hydrogen (secondary N) is 1. The van der Waals surface area contributed by atoms with Crippen molar-refractivity contribution in [2.45, 2.75) is 39.3 Å². The molecule has 0 bridgehead atoms. The molecule has 2 nitrogen and oxygen atoms in total. The summed E-state index contributed by atoms with van der Waals surface area (Å²) < 4.78 is 13.5. The normalized spacial score (nSPS) is 16.8. The second-order valence-corrected chi connectivity index (χ2v) is 6.56. The highest BCUT2D eigenvalue weighted by atomic mass is 32.1. The summed E-state index contributed by atoms with van der Waals surface area (Å²) in [5, 5.41) is 4.04. The highest BCUT2D eigenvalue weighted by molar-refractivity contribution is 7.80.